The van der Waals surface area contributed by atoms with Crippen LogP contribution in [-0.4, -0.2) is 15.7 Å². The summed E-state index contributed by atoms with van der Waals surface area (Å²) in [4.78, 5) is 0. The Morgan fingerprint density at radius 2 is 1.86 bits per heavy atom. The highest BCUT2D eigenvalue weighted by Crippen LogP contribution is 2.35. The predicted octanol–water partition coefficient (Wildman–Crippen LogP) is 3.21. The van der Waals surface area contributed by atoms with Crippen molar-refractivity contribution >= 4 is 11.8 Å². The molecule has 0 aromatic carbocycles. The van der Waals surface area contributed by atoms with Crippen LogP contribution >= 0.6 is 11.8 Å². The third-order valence-electron chi connectivity index (χ3n) is 1.47. The molecule has 0 amide bonds. The van der Waals surface area contributed by atoms with Gasteiger partial charge >= 0.3 is 5.51 Å². The maximum Gasteiger partial charge on any atom is 0.447 e. The summed E-state index contributed by atoms with van der Waals surface area (Å²) in [5.74, 6) is 0.174. The molecule has 0 radical (unpaired) electrons. The first-order valence-electron chi connectivity index (χ1n) is 3.98. The van der Waals surface area contributed by atoms with E-state index in [9.17, 15) is 13.2 Å². The van der Waals surface area contributed by atoms with Crippen LogP contribution in [0.5, 0.6) is 0 Å². The maximum absolute atomic E-state index is 11.9. The normalized spacial score (nSPS) is 12.1. The van der Waals surface area contributed by atoms with Crippen molar-refractivity contribution in [1.29, 1.82) is 0 Å². The van der Waals surface area contributed by atoms with Crippen molar-refractivity contribution in [2.24, 2.45) is 0 Å². The van der Waals surface area contributed by atoms with Gasteiger partial charge in [0.25, 0.3) is 0 Å². The molecule has 0 fully saturated rings. The molecule has 1 rings (SSSR count). The van der Waals surface area contributed by atoms with Crippen molar-refractivity contribution in [3.8, 4) is 0 Å². The van der Waals surface area contributed by atoms with Crippen LogP contribution in [0.2, 0.25) is 0 Å². The summed E-state index contributed by atoms with van der Waals surface area (Å²) in [6.07, 6.45) is 0. The van der Waals surface area contributed by atoms with E-state index in [0.29, 0.717) is 5.69 Å². The Labute approximate surface area is 83.9 Å². The van der Waals surface area contributed by atoms with Gasteiger partial charge in [0.2, 0.25) is 0 Å². The van der Waals surface area contributed by atoms with Crippen LogP contribution in [0.15, 0.2) is 17.2 Å². The summed E-state index contributed by atoms with van der Waals surface area (Å²) in [7, 11) is 0. The second-order valence-corrected chi connectivity index (χ2v) is 4.08. The van der Waals surface area contributed by atoms with Crippen LogP contribution in [0, 0.1) is 0 Å². The minimum atomic E-state index is -4.30. The molecule has 0 aliphatic heterocycles. The minimum Gasteiger partial charge on any atom is -0.160 e. The Balaban J connectivity index is 2.74. The first-order valence-corrected chi connectivity index (χ1v) is 4.79. The fraction of sp³-hybridized carbons (Fsp3) is 0.500. The molecule has 1 aromatic rings. The van der Waals surface area contributed by atoms with Gasteiger partial charge in [-0.25, -0.2) is 0 Å². The zero-order chi connectivity index (χ0) is 10.8. The SMILES string of the molecule is CC(C)c1ccc(SC(F)(F)F)nn1. The molecule has 1 aromatic heterocycles. The van der Waals surface area contributed by atoms with E-state index < -0.39 is 5.51 Å². The maximum atomic E-state index is 11.9. The molecule has 0 saturated carbocycles. The van der Waals surface area contributed by atoms with Crippen LogP contribution < -0.4 is 0 Å². The van der Waals surface area contributed by atoms with Crippen LogP contribution in [0.4, 0.5) is 13.2 Å². The second kappa shape index (κ2) is 4.16. The molecule has 0 unspecified atom stereocenters. The molecule has 0 aliphatic carbocycles. The van der Waals surface area contributed by atoms with Gasteiger partial charge in [0.05, 0.1) is 5.69 Å². The predicted molar refractivity (Wildman–Crippen MR) is 48.0 cm³/mol. The summed E-state index contributed by atoms with van der Waals surface area (Å²) in [6, 6.07) is 2.90. The number of thioether (sulfide) groups is 1. The second-order valence-electron chi connectivity index (χ2n) is 3.00. The monoisotopic (exact) mass is 222 g/mol. The van der Waals surface area contributed by atoms with Gasteiger partial charge in [0.1, 0.15) is 5.03 Å². The molecule has 1 heterocycles. The van der Waals surface area contributed by atoms with Crippen LogP contribution in [-0.2, 0) is 0 Å². The lowest BCUT2D eigenvalue weighted by Gasteiger charge is -2.05. The lowest BCUT2D eigenvalue weighted by atomic mass is 10.1. The fourth-order valence-corrected chi connectivity index (χ4v) is 1.27. The van der Waals surface area contributed by atoms with E-state index in [0.717, 1.165) is 0 Å². The zero-order valence-electron chi connectivity index (χ0n) is 7.67. The number of rotatable bonds is 2. The van der Waals surface area contributed by atoms with Crippen molar-refractivity contribution < 1.29 is 13.2 Å². The Kier molecular flexibility index (Phi) is 3.36. The Morgan fingerprint density at radius 1 is 1.21 bits per heavy atom. The average Bonchev–Trinajstić information content (AvgIpc) is 2.02. The third kappa shape index (κ3) is 3.53. The van der Waals surface area contributed by atoms with Crippen molar-refractivity contribution in [1.82, 2.24) is 10.2 Å². The molecule has 14 heavy (non-hydrogen) atoms. The zero-order valence-corrected chi connectivity index (χ0v) is 8.49. The smallest absolute Gasteiger partial charge is 0.160 e. The van der Waals surface area contributed by atoms with E-state index in [1.807, 2.05) is 13.8 Å². The molecule has 0 N–H and O–H groups in total. The van der Waals surface area contributed by atoms with E-state index in [2.05, 4.69) is 10.2 Å². The molecular formula is C8H9F3N2S. The molecule has 6 heteroatoms. The molecule has 78 valence electrons. The van der Waals surface area contributed by atoms with Gasteiger partial charge in [-0.2, -0.15) is 18.3 Å². The summed E-state index contributed by atoms with van der Waals surface area (Å²) >= 11 is -0.252. The number of aromatic nitrogens is 2. The van der Waals surface area contributed by atoms with Gasteiger partial charge in [-0.15, -0.1) is 5.10 Å². The van der Waals surface area contributed by atoms with E-state index in [1.165, 1.54) is 6.07 Å². The van der Waals surface area contributed by atoms with Crippen molar-refractivity contribution in [3.05, 3.63) is 17.8 Å². The molecule has 0 aliphatic rings. The van der Waals surface area contributed by atoms with Gasteiger partial charge in [-0.1, -0.05) is 13.8 Å². The summed E-state index contributed by atoms with van der Waals surface area (Å²) in [5.41, 5.74) is -3.61. The molecule has 2 nitrogen and oxygen atoms in total. The largest absolute Gasteiger partial charge is 0.447 e. The lowest BCUT2D eigenvalue weighted by molar-refractivity contribution is -0.0329. The van der Waals surface area contributed by atoms with Gasteiger partial charge < -0.3 is 0 Å². The Hall–Kier alpha value is -0.780. The highest BCUT2D eigenvalue weighted by molar-refractivity contribution is 8.00. The summed E-state index contributed by atoms with van der Waals surface area (Å²) in [5, 5.41) is 7.05. The first kappa shape index (κ1) is 11.3. The number of nitrogens with zero attached hydrogens (tertiary/aromatic N) is 2. The number of hydrogen-bond acceptors (Lipinski definition) is 3. The van der Waals surface area contributed by atoms with Gasteiger partial charge in [0, 0.05) is 11.8 Å². The standard InChI is InChI=1S/C8H9F3N2S/c1-5(2)6-3-4-7(13-12-6)14-8(9,10)11/h3-5H,1-2H3. The van der Waals surface area contributed by atoms with Crippen LogP contribution in [0.1, 0.15) is 25.5 Å². The minimum absolute atomic E-state index is 0.123. The van der Waals surface area contributed by atoms with E-state index in [4.69, 9.17) is 0 Å². The van der Waals surface area contributed by atoms with Gasteiger partial charge in [-0.05, 0) is 18.1 Å². The fourth-order valence-electron chi connectivity index (χ4n) is 0.811. The van der Waals surface area contributed by atoms with Gasteiger partial charge in [-0.3, -0.25) is 0 Å². The van der Waals surface area contributed by atoms with Crippen molar-refractivity contribution in [2.45, 2.75) is 30.3 Å². The lowest BCUT2D eigenvalue weighted by Crippen LogP contribution is -2.02. The molecule has 0 atom stereocenters. The quantitative estimate of drug-likeness (QED) is 0.718. The Bertz CT molecular complexity index is 294. The van der Waals surface area contributed by atoms with Crippen LogP contribution in [0.3, 0.4) is 0 Å². The van der Waals surface area contributed by atoms with Crippen molar-refractivity contribution in [2.75, 3.05) is 0 Å². The van der Waals surface area contributed by atoms with E-state index in [1.54, 1.807) is 6.07 Å². The van der Waals surface area contributed by atoms with E-state index >= 15 is 0 Å². The number of alkyl halides is 3. The molecule has 0 bridgehead atoms. The average molecular weight is 222 g/mol. The number of hydrogen-bond donors (Lipinski definition) is 0. The van der Waals surface area contributed by atoms with Crippen LogP contribution in [0.25, 0.3) is 0 Å². The highest BCUT2D eigenvalue weighted by atomic mass is 32.2. The van der Waals surface area contributed by atoms with E-state index in [-0.39, 0.29) is 22.7 Å². The Morgan fingerprint density at radius 3 is 2.21 bits per heavy atom. The highest BCUT2D eigenvalue weighted by Gasteiger charge is 2.30. The summed E-state index contributed by atoms with van der Waals surface area (Å²) in [6.45, 7) is 3.81. The molecular weight excluding hydrogens is 213 g/mol. The van der Waals surface area contributed by atoms with Crippen molar-refractivity contribution in [3.63, 3.8) is 0 Å². The number of halogens is 3. The summed E-state index contributed by atoms with van der Waals surface area (Å²) < 4.78 is 35.7. The molecule has 0 spiro atoms. The first-order chi connectivity index (χ1) is 6.38. The topological polar surface area (TPSA) is 25.8 Å². The van der Waals surface area contributed by atoms with Gasteiger partial charge in [0.15, 0.2) is 0 Å². The molecule has 0 saturated heterocycles. The third-order valence-corrected chi connectivity index (χ3v) is 2.13.